The van der Waals surface area contributed by atoms with Gasteiger partial charge in [0.25, 0.3) is 0 Å². The van der Waals surface area contributed by atoms with Gasteiger partial charge in [-0.2, -0.15) is 0 Å². The van der Waals surface area contributed by atoms with Crippen molar-refractivity contribution in [1.82, 2.24) is 0 Å². The molecule has 1 aliphatic heterocycles. The van der Waals surface area contributed by atoms with E-state index in [9.17, 15) is 4.39 Å². The van der Waals surface area contributed by atoms with Crippen LogP contribution < -0.4 is 10.5 Å². The third-order valence-corrected chi connectivity index (χ3v) is 4.23. The molecule has 104 valence electrons. The lowest BCUT2D eigenvalue weighted by Gasteiger charge is -2.38. The van der Waals surface area contributed by atoms with Crippen molar-refractivity contribution >= 4 is 5.69 Å². The highest BCUT2D eigenvalue weighted by Crippen LogP contribution is 2.41. The fraction of sp³-hybridized carbons (Fsp3) is 0.600. The highest BCUT2D eigenvalue weighted by Gasteiger charge is 2.40. The molecule has 1 aromatic rings. The Morgan fingerprint density at radius 1 is 1.32 bits per heavy atom. The van der Waals surface area contributed by atoms with Gasteiger partial charge in [0.1, 0.15) is 17.7 Å². The maximum atomic E-state index is 13.0. The van der Waals surface area contributed by atoms with Crippen LogP contribution >= 0.6 is 0 Å². The van der Waals surface area contributed by atoms with Gasteiger partial charge in [-0.1, -0.05) is 12.8 Å². The molecule has 0 bridgehead atoms. The van der Waals surface area contributed by atoms with Crippen molar-refractivity contribution in [1.29, 1.82) is 0 Å². The molecule has 1 heterocycles. The van der Waals surface area contributed by atoms with Crippen molar-refractivity contribution < 1.29 is 13.9 Å². The molecule has 1 atom stereocenters. The zero-order chi connectivity index (χ0) is 13.3. The van der Waals surface area contributed by atoms with Crippen molar-refractivity contribution in [3.05, 3.63) is 24.0 Å². The monoisotopic (exact) mass is 265 g/mol. The van der Waals surface area contributed by atoms with Crippen LogP contribution in [0, 0.1) is 5.82 Å². The number of nitrogens with two attached hydrogens (primary N) is 1. The number of halogens is 1. The van der Waals surface area contributed by atoms with E-state index in [4.69, 9.17) is 15.2 Å². The Hall–Kier alpha value is -1.29. The predicted molar refractivity (Wildman–Crippen MR) is 71.6 cm³/mol. The van der Waals surface area contributed by atoms with Gasteiger partial charge in [-0.25, -0.2) is 4.39 Å². The van der Waals surface area contributed by atoms with Gasteiger partial charge < -0.3 is 15.2 Å². The SMILES string of the molecule is Nc1cc(F)ccc1OC1CCOC2(CCCC2)C1. The number of benzene rings is 1. The summed E-state index contributed by atoms with van der Waals surface area (Å²) in [6.07, 6.45) is 6.66. The van der Waals surface area contributed by atoms with E-state index in [0.29, 0.717) is 11.4 Å². The van der Waals surface area contributed by atoms with Crippen molar-refractivity contribution in [2.45, 2.75) is 50.2 Å². The summed E-state index contributed by atoms with van der Waals surface area (Å²) in [5.74, 6) is 0.255. The van der Waals surface area contributed by atoms with Crippen LogP contribution in [0.1, 0.15) is 38.5 Å². The maximum Gasteiger partial charge on any atom is 0.142 e. The van der Waals surface area contributed by atoms with E-state index in [1.165, 1.54) is 25.0 Å². The molecule has 2 aliphatic rings. The van der Waals surface area contributed by atoms with Crippen LogP contribution in [0.15, 0.2) is 18.2 Å². The molecule has 0 radical (unpaired) electrons. The predicted octanol–water partition coefficient (Wildman–Crippen LogP) is 3.28. The third-order valence-electron chi connectivity index (χ3n) is 4.23. The van der Waals surface area contributed by atoms with Crippen LogP contribution in [0.4, 0.5) is 10.1 Å². The van der Waals surface area contributed by atoms with Gasteiger partial charge >= 0.3 is 0 Å². The summed E-state index contributed by atoms with van der Waals surface area (Å²) in [6.45, 7) is 0.742. The number of hydrogen-bond acceptors (Lipinski definition) is 3. The lowest BCUT2D eigenvalue weighted by Crippen LogP contribution is -2.41. The van der Waals surface area contributed by atoms with Gasteiger partial charge in [0, 0.05) is 18.9 Å². The number of nitrogen functional groups attached to an aromatic ring is 1. The first kappa shape index (κ1) is 12.7. The summed E-state index contributed by atoms with van der Waals surface area (Å²) in [6, 6.07) is 4.30. The molecular weight excluding hydrogens is 245 g/mol. The summed E-state index contributed by atoms with van der Waals surface area (Å²) in [7, 11) is 0. The second-order valence-electron chi connectivity index (χ2n) is 5.65. The first-order valence-corrected chi connectivity index (χ1v) is 7.03. The van der Waals surface area contributed by atoms with Crippen molar-refractivity contribution in [3.8, 4) is 5.75 Å². The minimum atomic E-state index is -0.330. The number of anilines is 1. The molecule has 1 aromatic carbocycles. The molecule has 1 saturated carbocycles. The zero-order valence-electron chi connectivity index (χ0n) is 11.0. The molecule has 4 heteroatoms. The maximum absolute atomic E-state index is 13.0. The van der Waals surface area contributed by atoms with E-state index in [-0.39, 0.29) is 17.5 Å². The minimum absolute atomic E-state index is 0.0255. The first-order valence-electron chi connectivity index (χ1n) is 7.03. The van der Waals surface area contributed by atoms with Gasteiger partial charge in [-0.3, -0.25) is 0 Å². The molecule has 0 amide bonds. The van der Waals surface area contributed by atoms with Gasteiger partial charge in [-0.15, -0.1) is 0 Å². The van der Waals surface area contributed by atoms with E-state index in [2.05, 4.69) is 0 Å². The smallest absolute Gasteiger partial charge is 0.142 e. The van der Waals surface area contributed by atoms with Gasteiger partial charge in [0.2, 0.25) is 0 Å². The van der Waals surface area contributed by atoms with Crippen LogP contribution in [0.25, 0.3) is 0 Å². The number of rotatable bonds is 2. The number of ether oxygens (including phenoxy) is 2. The Kier molecular flexibility index (Phi) is 3.35. The summed E-state index contributed by atoms with van der Waals surface area (Å²) in [4.78, 5) is 0. The lowest BCUT2D eigenvalue weighted by molar-refractivity contribution is -0.108. The van der Waals surface area contributed by atoms with Crippen LogP contribution in [0.5, 0.6) is 5.75 Å². The topological polar surface area (TPSA) is 44.5 Å². The van der Waals surface area contributed by atoms with Crippen LogP contribution in [-0.2, 0) is 4.74 Å². The molecule has 3 nitrogen and oxygen atoms in total. The molecule has 0 aromatic heterocycles. The fourth-order valence-corrected chi connectivity index (χ4v) is 3.26. The Morgan fingerprint density at radius 2 is 2.11 bits per heavy atom. The van der Waals surface area contributed by atoms with Crippen molar-refractivity contribution in [3.63, 3.8) is 0 Å². The van der Waals surface area contributed by atoms with E-state index >= 15 is 0 Å². The second kappa shape index (κ2) is 5.00. The van der Waals surface area contributed by atoms with E-state index in [1.807, 2.05) is 0 Å². The lowest BCUT2D eigenvalue weighted by atomic mass is 9.90. The van der Waals surface area contributed by atoms with Gasteiger partial charge in [-0.05, 0) is 25.0 Å². The Balaban J connectivity index is 1.69. The van der Waals surface area contributed by atoms with Crippen LogP contribution in [-0.4, -0.2) is 18.3 Å². The molecule has 19 heavy (non-hydrogen) atoms. The van der Waals surface area contributed by atoms with E-state index in [1.54, 1.807) is 6.07 Å². The Morgan fingerprint density at radius 3 is 2.84 bits per heavy atom. The zero-order valence-corrected chi connectivity index (χ0v) is 11.0. The Labute approximate surface area is 112 Å². The first-order chi connectivity index (χ1) is 9.17. The summed E-state index contributed by atoms with van der Waals surface area (Å²) in [5.41, 5.74) is 6.18. The largest absolute Gasteiger partial charge is 0.488 e. The average Bonchev–Trinajstić information content (AvgIpc) is 2.81. The molecule has 1 unspecified atom stereocenters. The average molecular weight is 265 g/mol. The summed E-state index contributed by atoms with van der Waals surface area (Å²) >= 11 is 0. The summed E-state index contributed by atoms with van der Waals surface area (Å²) in [5, 5.41) is 0. The Bertz CT molecular complexity index is 457. The molecule has 1 saturated heterocycles. The van der Waals surface area contributed by atoms with E-state index < -0.39 is 0 Å². The van der Waals surface area contributed by atoms with Crippen molar-refractivity contribution in [2.24, 2.45) is 0 Å². The normalized spacial score (nSPS) is 25.6. The van der Waals surface area contributed by atoms with E-state index in [0.717, 1.165) is 32.3 Å². The quantitative estimate of drug-likeness (QED) is 0.835. The molecule has 2 fully saturated rings. The highest BCUT2D eigenvalue weighted by atomic mass is 19.1. The standard InChI is InChI=1S/C15H20FNO2/c16-11-3-4-14(13(17)9-11)19-12-5-8-18-15(10-12)6-1-2-7-15/h3-4,9,12H,1-2,5-8,10,17H2. The summed E-state index contributed by atoms with van der Waals surface area (Å²) < 4.78 is 24.9. The highest BCUT2D eigenvalue weighted by molar-refractivity contribution is 5.52. The third kappa shape index (κ3) is 2.68. The molecule has 1 spiro atoms. The molecular formula is C15H20FNO2. The molecule has 3 rings (SSSR count). The second-order valence-corrected chi connectivity index (χ2v) is 5.65. The minimum Gasteiger partial charge on any atom is -0.488 e. The van der Waals surface area contributed by atoms with Crippen LogP contribution in [0.2, 0.25) is 0 Å². The molecule has 1 aliphatic carbocycles. The fourth-order valence-electron chi connectivity index (χ4n) is 3.26. The van der Waals surface area contributed by atoms with Gasteiger partial charge in [0.05, 0.1) is 17.9 Å². The van der Waals surface area contributed by atoms with Crippen LogP contribution in [0.3, 0.4) is 0 Å². The molecule has 2 N–H and O–H groups in total. The van der Waals surface area contributed by atoms with Crippen molar-refractivity contribution in [2.75, 3.05) is 12.3 Å². The number of hydrogen-bond donors (Lipinski definition) is 1. The van der Waals surface area contributed by atoms with Gasteiger partial charge in [0.15, 0.2) is 0 Å².